The van der Waals surface area contributed by atoms with Gasteiger partial charge in [0.2, 0.25) is 5.52 Å². The molecule has 0 fully saturated rings. The van der Waals surface area contributed by atoms with Crippen molar-refractivity contribution in [2.45, 2.75) is 52.5 Å². The number of fused-ring (bicyclic) bond motifs is 4. The van der Waals surface area contributed by atoms with E-state index in [-0.39, 0.29) is 5.41 Å². The number of para-hydroxylation sites is 1. The quantitative estimate of drug-likeness (QED) is 0.274. The Labute approximate surface area is 203 Å². The van der Waals surface area contributed by atoms with Gasteiger partial charge in [0.1, 0.15) is 6.54 Å². The molecule has 0 N–H and O–H groups in total. The Morgan fingerprint density at radius 2 is 1.65 bits per heavy atom. The molecule has 1 aliphatic rings. The second kappa shape index (κ2) is 9.10. The van der Waals surface area contributed by atoms with E-state index in [1.807, 2.05) is 0 Å². The molecule has 0 bridgehead atoms. The van der Waals surface area contributed by atoms with Gasteiger partial charge in [-0.2, -0.15) is 4.57 Å². The van der Waals surface area contributed by atoms with Gasteiger partial charge in [0.25, 0.3) is 0 Å². The first-order valence-corrected chi connectivity index (χ1v) is 12.7. The summed E-state index contributed by atoms with van der Waals surface area (Å²) in [7, 11) is 0. The van der Waals surface area contributed by atoms with E-state index < -0.39 is 0 Å². The van der Waals surface area contributed by atoms with Crippen LogP contribution in [0.4, 0.5) is 5.69 Å². The highest BCUT2D eigenvalue weighted by Gasteiger charge is 2.40. The zero-order valence-corrected chi connectivity index (χ0v) is 20.9. The summed E-state index contributed by atoms with van der Waals surface area (Å²) in [5.74, 6) is 0. The number of aryl methyl sites for hydroxylation is 1. The highest BCUT2D eigenvalue weighted by molar-refractivity contribution is 5.95. The third-order valence-corrected chi connectivity index (χ3v) is 7.32. The molecule has 1 aromatic heterocycles. The average Bonchev–Trinajstić information content (AvgIpc) is 3.08. The fourth-order valence-corrected chi connectivity index (χ4v) is 5.57. The van der Waals surface area contributed by atoms with Gasteiger partial charge in [0.05, 0.1) is 5.39 Å². The number of hydrogen-bond acceptors (Lipinski definition) is 1. The fraction of sp³-hybridized carbons (Fsp3) is 0.281. The molecule has 172 valence electrons. The second-order valence-electron chi connectivity index (χ2n) is 9.80. The molecule has 3 aromatic carbocycles. The molecule has 0 saturated carbocycles. The standard InChI is InChI=1S/C32H35N2/c1-5-7-22-34-29-20-19-24-13-8-9-16-27(24)31(29)32(3,4)30(34)18-12-14-25-21-23-33(6-2)28-17-11-10-15-26(25)28/h8-21,23H,5-7,22H2,1-4H3/q+1. The summed E-state index contributed by atoms with van der Waals surface area (Å²) < 4.78 is 2.31. The number of rotatable bonds is 6. The molecule has 0 radical (unpaired) electrons. The van der Waals surface area contributed by atoms with Gasteiger partial charge in [-0.15, -0.1) is 0 Å². The van der Waals surface area contributed by atoms with Gasteiger partial charge in [0.15, 0.2) is 6.20 Å². The van der Waals surface area contributed by atoms with Crippen LogP contribution in [0.15, 0.2) is 90.8 Å². The summed E-state index contributed by atoms with van der Waals surface area (Å²) in [5, 5.41) is 3.99. The Bertz CT molecular complexity index is 1410. The minimum absolute atomic E-state index is 0.0573. The monoisotopic (exact) mass is 447 g/mol. The third-order valence-electron chi connectivity index (χ3n) is 7.32. The summed E-state index contributed by atoms with van der Waals surface area (Å²) in [4.78, 5) is 2.56. The molecule has 0 atom stereocenters. The van der Waals surface area contributed by atoms with E-state index in [1.54, 1.807) is 0 Å². The largest absolute Gasteiger partial charge is 0.344 e. The number of aromatic nitrogens is 1. The van der Waals surface area contributed by atoms with Crippen LogP contribution in [0.3, 0.4) is 0 Å². The minimum atomic E-state index is -0.0573. The van der Waals surface area contributed by atoms with Crippen LogP contribution < -0.4 is 9.47 Å². The highest BCUT2D eigenvalue weighted by atomic mass is 15.2. The van der Waals surface area contributed by atoms with E-state index in [0.29, 0.717) is 0 Å². The van der Waals surface area contributed by atoms with E-state index in [2.05, 4.69) is 128 Å². The number of unbranched alkanes of at least 4 members (excludes halogenated alkanes) is 1. The Balaban J connectivity index is 1.59. The summed E-state index contributed by atoms with van der Waals surface area (Å²) in [6, 6.07) is 24.3. The predicted octanol–water partition coefficient (Wildman–Crippen LogP) is 7.80. The van der Waals surface area contributed by atoms with Crippen molar-refractivity contribution in [3.05, 3.63) is 102 Å². The zero-order valence-electron chi connectivity index (χ0n) is 20.9. The van der Waals surface area contributed by atoms with Crippen LogP contribution in [0.25, 0.3) is 27.8 Å². The van der Waals surface area contributed by atoms with Crippen molar-refractivity contribution in [3.8, 4) is 0 Å². The molecule has 34 heavy (non-hydrogen) atoms. The maximum Gasteiger partial charge on any atom is 0.213 e. The summed E-state index contributed by atoms with van der Waals surface area (Å²) in [6.45, 7) is 11.3. The number of hydrogen-bond donors (Lipinski definition) is 0. The lowest BCUT2D eigenvalue weighted by atomic mass is 9.81. The van der Waals surface area contributed by atoms with Gasteiger partial charge in [-0.1, -0.05) is 81.8 Å². The molecule has 2 nitrogen and oxygen atoms in total. The van der Waals surface area contributed by atoms with Gasteiger partial charge in [-0.3, -0.25) is 0 Å². The first-order valence-electron chi connectivity index (χ1n) is 12.7. The molecular weight excluding hydrogens is 412 g/mol. The lowest BCUT2D eigenvalue weighted by Gasteiger charge is -2.27. The number of benzene rings is 3. The average molecular weight is 448 g/mol. The number of anilines is 1. The van der Waals surface area contributed by atoms with Gasteiger partial charge >= 0.3 is 0 Å². The zero-order chi connectivity index (χ0) is 23.7. The SMILES string of the molecule is CCCCN1C(=CC=Cc2cc[n+](CC)c3ccccc23)C(C)(C)c2c1ccc1ccccc21. The molecule has 5 rings (SSSR count). The molecule has 2 heterocycles. The lowest BCUT2D eigenvalue weighted by molar-refractivity contribution is -0.667. The van der Waals surface area contributed by atoms with E-state index in [4.69, 9.17) is 0 Å². The maximum absolute atomic E-state index is 2.56. The summed E-state index contributed by atoms with van der Waals surface area (Å²) >= 11 is 0. The van der Waals surface area contributed by atoms with Crippen molar-refractivity contribution in [2.75, 3.05) is 11.4 Å². The molecule has 0 aliphatic carbocycles. The predicted molar refractivity (Wildman–Crippen MR) is 146 cm³/mol. The Morgan fingerprint density at radius 1 is 0.882 bits per heavy atom. The van der Waals surface area contributed by atoms with Crippen LogP contribution in [-0.2, 0) is 12.0 Å². The van der Waals surface area contributed by atoms with E-state index in [9.17, 15) is 0 Å². The molecular formula is C32H35N2+. The van der Waals surface area contributed by atoms with Crippen molar-refractivity contribution in [3.63, 3.8) is 0 Å². The second-order valence-corrected chi connectivity index (χ2v) is 9.80. The van der Waals surface area contributed by atoms with Crippen LogP contribution in [0.1, 0.15) is 51.7 Å². The Morgan fingerprint density at radius 3 is 2.44 bits per heavy atom. The molecule has 1 aliphatic heterocycles. The number of pyridine rings is 1. The smallest absolute Gasteiger partial charge is 0.213 e. The van der Waals surface area contributed by atoms with Crippen molar-refractivity contribution in [1.29, 1.82) is 0 Å². The van der Waals surface area contributed by atoms with Crippen LogP contribution in [0, 0.1) is 0 Å². The van der Waals surface area contributed by atoms with Gasteiger partial charge in [-0.05, 0) is 53.5 Å². The summed E-state index contributed by atoms with van der Waals surface area (Å²) in [6.07, 6.45) is 11.4. The van der Waals surface area contributed by atoms with Crippen molar-refractivity contribution in [1.82, 2.24) is 0 Å². The van der Waals surface area contributed by atoms with Crippen LogP contribution in [0.2, 0.25) is 0 Å². The molecule has 4 aromatic rings. The molecule has 0 saturated heterocycles. The Kier molecular flexibility index (Phi) is 6.00. The van der Waals surface area contributed by atoms with Crippen molar-refractivity contribution >= 4 is 33.4 Å². The first kappa shape index (κ1) is 22.4. The van der Waals surface area contributed by atoms with Gasteiger partial charge in [0, 0.05) is 35.5 Å². The van der Waals surface area contributed by atoms with E-state index in [1.165, 1.54) is 57.0 Å². The minimum Gasteiger partial charge on any atom is -0.344 e. The van der Waals surface area contributed by atoms with Crippen LogP contribution in [-0.4, -0.2) is 6.54 Å². The molecule has 2 heteroatoms. The van der Waals surface area contributed by atoms with E-state index >= 15 is 0 Å². The van der Waals surface area contributed by atoms with Crippen LogP contribution in [0.5, 0.6) is 0 Å². The third kappa shape index (κ3) is 3.72. The molecule has 0 unspecified atom stereocenters. The number of nitrogens with zero attached hydrogens (tertiary/aromatic N) is 2. The van der Waals surface area contributed by atoms with E-state index in [0.717, 1.165) is 13.1 Å². The summed E-state index contributed by atoms with van der Waals surface area (Å²) in [5.41, 5.74) is 6.69. The molecule has 0 spiro atoms. The first-order chi connectivity index (χ1) is 16.6. The van der Waals surface area contributed by atoms with Gasteiger partial charge < -0.3 is 4.90 Å². The van der Waals surface area contributed by atoms with Crippen molar-refractivity contribution in [2.24, 2.45) is 0 Å². The molecule has 0 amide bonds. The van der Waals surface area contributed by atoms with Gasteiger partial charge in [-0.25, -0.2) is 0 Å². The topological polar surface area (TPSA) is 7.12 Å². The van der Waals surface area contributed by atoms with Crippen LogP contribution >= 0.6 is 0 Å². The number of allylic oxidation sites excluding steroid dienone is 3. The normalized spacial score (nSPS) is 16.2. The maximum atomic E-state index is 2.56. The lowest BCUT2D eigenvalue weighted by Crippen LogP contribution is -2.32. The fourth-order valence-electron chi connectivity index (χ4n) is 5.57. The van der Waals surface area contributed by atoms with Crippen molar-refractivity contribution < 1.29 is 4.57 Å². The highest BCUT2D eigenvalue weighted by Crippen LogP contribution is 2.50. The Hall–Kier alpha value is -3.39.